The Hall–Kier alpha value is -2.43. The van der Waals surface area contributed by atoms with E-state index >= 15 is 0 Å². The van der Waals surface area contributed by atoms with E-state index in [0.29, 0.717) is 0 Å². The molecular weight excluding hydrogens is 455 g/mol. The summed E-state index contributed by atoms with van der Waals surface area (Å²) in [4.78, 5) is 0. The first kappa shape index (κ1) is 29.6. The standard InChI is InChI=1S/C18H15P.C8H12.2CO.Fe/c1-4-10-16(11-5-1)19(17-12-6-2-7-13-17)18-14-8-3-9-15-18;1-2-4-6-8-7-5-3-1;2*1-2;/h1-15H;1-4H,5-8H2;;;/b;3-1-,4-2-;;;. The Bertz CT molecular complexity index is 806. The molecule has 0 atom stereocenters. The zero-order chi connectivity index (χ0) is 22.6. The van der Waals surface area contributed by atoms with Gasteiger partial charge in [-0.3, -0.25) is 0 Å². The third-order valence-corrected chi connectivity index (χ3v) is 6.86. The van der Waals surface area contributed by atoms with Crippen molar-refractivity contribution in [1.29, 1.82) is 0 Å². The molecule has 4 heteroatoms. The van der Waals surface area contributed by atoms with Crippen molar-refractivity contribution in [2.45, 2.75) is 25.7 Å². The van der Waals surface area contributed by atoms with Crippen molar-refractivity contribution in [2.24, 2.45) is 0 Å². The van der Waals surface area contributed by atoms with Crippen LogP contribution in [0.25, 0.3) is 0 Å². The molecule has 0 heterocycles. The molecule has 3 aromatic carbocycles. The first-order valence-electron chi connectivity index (χ1n) is 10.1. The van der Waals surface area contributed by atoms with E-state index in [1.54, 1.807) is 0 Å². The Morgan fingerprint density at radius 2 is 0.781 bits per heavy atom. The summed E-state index contributed by atoms with van der Waals surface area (Å²) in [6.07, 6.45) is 14.0. The summed E-state index contributed by atoms with van der Waals surface area (Å²) < 4.78 is 15.0. The fourth-order valence-electron chi connectivity index (χ4n) is 3.05. The van der Waals surface area contributed by atoms with Gasteiger partial charge in [0.05, 0.1) is 0 Å². The molecule has 0 amide bonds. The second-order valence-electron chi connectivity index (χ2n) is 6.48. The van der Waals surface area contributed by atoms with Crippen LogP contribution >= 0.6 is 7.92 Å². The monoisotopic (exact) mass is 482 g/mol. The molecule has 0 fully saturated rings. The molecule has 3 aromatic rings. The summed E-state index contributed by atoms with van der Waals surface area (Å²) >= 11 is 0. The van der Waals surface area contributed by atoms with Gasteiger partial charge >= 0.3 is 22.6 Å². The van der Waals surface area contributed by atoms with Crippen LogP contribution in [0.2, 0.25) is 0 Å². The molecule has 0 radical (unpaired) electrons. The van der Waals surface area contributed by atoms with E-state index in [4.69, 9.17) is 9.30 Å². The zero-order valence-corrected chi connectivity index (χ0v) is 19.9. The maximum absolute atomic E-state index is 7.50. The van der Waals surface area contributed by atoms with Crippen molar-refractivity contribution in [2.75, 3.05) is 0 Å². The quantitative estimate of drug-likeness (QED) is 0.189. The third-order valence-electron chi connectivity index (χ3n) is 4.42. The maximum atomic E-state index is 7.50. The SMILES string of the molecule is C1=C\CCCC\C=C/1.[C-]#[O+].[C-]#[O+].[Fe].c1ccc(P(c2ccccc2)c2ccccc2)cc1. The largest absolute Gasteiger partial charge is 0.0622 e. The Balaban J connectivity index is 0.000000625. The molecule has 0 saturated carbocycles. The molecule has 4 rings (SSSR count). The van der Waals surface area contributed by atoms with E-state index in [-0.39, 0.29) is 17.1 Å². The van der Waals surface area contributed by atoms with Crippen molar-refractivity contribution < 1.29 is 26.4 Å². The van der Waals surface area contributed by atoms with Gasteiger partial charge in [0, 0.05) is 17.1 Å². The first-order chi connectivity index (χ1) is 15.4. The van der Waals surface area contributed by atoms with Crippen LogP contribution in [0.5, 0.6) is 0 Å². The number of rotatable bonds is 3. The van der Waals surface area contributed by atoms with Gasteiger partial charge < -0.3 is 0 Å². The average Bonchev–Trinajstić information content (AvgIpc) is 2.84. The number of hydrogen-bond acceptors (Lipinski definition) is 0. The number of allylic oxidation sites excluding steroid dienone is 4. The van der Waals surface area contributed by atoms with Crippen LogP contribution in [0.3, 0.4) is 0 Å². The molecule has 164 valence electrons. The molecule has 1 aliphatic rings. The molecule has 0 saturated heterocycles. The summed E-state index contributed by atoms with van der Waals surface area (Å²) in [7, 11) is -0.446. The van der Waals surface area contributed by atoms with E-state index < -0.39 is 7.92 Å². The fraction of sp³-hybridized carbons (Fsp3) is 0.143. The van der Waals surface area contributed by atoms with Gasteiger partial charge in [0.15, 0.2) is 0 Å². The van der Waals surface area contributed by atoms with E-state index in [2.05, 4.69) is 129 Å². The molecule has 32 heavy (non-hydrogen) atoms. The van der Waals surface area contributed by atoms with Gasteiger partial charge in [0.2, 0.25) is 0 Å². The van der Waals surface area contributed by atoms with Crippen molar-refractivity contribution in [3.05, 3.63) is 129 Å². The van der Waals surface area contributed by atoms with E-state index in [1.807, 2.05) is 0 Å². The van der Waals surface area contributed by atoms with Gasteiger partial charge in [-0.15, -0.1) is 0 Å². The van der Waals surface area contributed by atoms with Crippen LogP contribution in [0.4, 0.5) is 0 Å². The smallest absolute Gasteiger partial charge is 0 e. The van der Waals surface area contributed by atoms with Crippen LogP contribution in [0.15, 0.2) is 115 Å². The predicted octanol–water partition coefficient (Wildman–Crippen LogP) is 6.04. The molecule has 1 aliphatic carbocycles. The van der Waals surface area contributed by atoms with Crippen molar-refractivity contribution in [3.63, 3.8) is 0 Å². The minimum atomic E-state index is -0.446. The minimum Gasteiger partial charge on any atom is -0.0622 e. The number of hydrogen-bond donors (Lipinski definition) is 0. The van der Waals surface area contributed by atoms with Crippen molar-refractivity contribution in [3.8, 4) is 0 Å². The second kappa shape index (κ2) is 20.5. The van der Waals surface area contributed by atoms with E-state index in [0.717, 1.165) is 0 Å². The van der Waals surface area contributed by atoms with E-state index in [1.165, 1.54) is 41.6 Å². The average molecular weight is 482 g/mol. The predicted molar refractivity (Wildman–Crippen MR) is 130 cm³/mol. The summed E-state index contributed by atoms with van der Waals surface area (Å²) in [6.45, 7) is 9.00. The van der Waals surface area contributed by atoms with Crippen LogP contribution in [-0.4, -0.2) is 0 Å². The molecule has 0 N–H and O–H groups in total. The summed E-state index contributed by atoms with van der Waals surface area (Å²) in [5.41, 5.74) is 0. The summed E-state index contributed by atoms with van der Waals surface area (Å²) in [5, 5.41) is 4.19. The Morgan fingerprint density at radius 3 is 1.06 bits per heavy atom. The van der Waals surface area contributed by atoms with Crippen LogP contribution < -0.4 is 15.9 Å². The molecule has 2 nitrogen and oxygen atoms in total. The molecule has 0 unspecified atom stereocenters. The van der Waals surface area contributed by atoms with Crippen molar-refractivity contribution >= 4 is 23.8 Å². The molecular formula is C28H27FeO2P. The normalized spacial score (nSPS) is 13.4. The summed E-state index contributed by atoms with van der Waals surface area (Å²) in [6, 6.07) is 32.3. The van der Waals surface area contributed by atoms with Gasteiger partial charge in [0.1, 0.15) is 0 Å². The van der Waals surface area contributed by atoms with Crippen LogP contribution in [-0.2, 0) is 26.4 Å². The Labute approximate surface area is 204 Å². The fourth-order valence-corrected chi connectivity index (χ4v) is 5.36. The first-order valence-corrected chi connectivity index (χ1v) is 11.5. The minimum absolute atomic E-state index is 0. The Morgan fingerprint density at radius 1 is 0.500 bits per heavy atom. The zero-order valence-electron chi connectivity index (χ0n) is 17.9. The maximum Gasteiger partial charge on any atom is 0 e. The van der Waals surface area contributed by atoms with Gasteiger partial charge in [0.25, 0.3) is 0 Å². The van der Waals surface area contributed by atoms with Gasteiger partial charge in [-0.2, -0.15) is 0 Å². The topological polar surface area (TPSA) is 39.8 Å². The molecule has 0 bridgehead atoms. The number of benzene rings is 3. The third kappa shape index (κ3) is 11.3. The van der Waals surface area contributed by atoms with Gasteiger partial charge in [-0.25, -0.2) is 0 Å². The Kier molecular flexibility index (Phi) is 18.9. The summed E-state index contributed by atoms with van der Waals surface area (Å²) in [5.74, 6) is 0. The van der Waals surface area contributed by atoms with Crippen molar-refractivity contribution in [1.82, 2.24) is 0 Å². The molecule has 0 spiro atoms. The van der Waals surface area contributed by atoms with Gasteiger partial charge in [-0.1, -0.05) is 115 Å². The van der Waals surface area contributed by atoms with Crippen LogP contribution in [0, 0.1) is 13.3 Å². The van der Waals surface area contributed by atoms with Gasteiger partial charge in [-0.05, 0) is 49.5 Å². The molecule has 0 aromatic heterocycles. The second-order valence-corrected chi connectivity index (χ2v) is 8.70. The molecule has 0 aliphatic heterocycles. The van der Waals surface area contributed by atoms with E-state index in [9.17, 15) is 0 Å². The van der Waals surface area contributed by atoms with Crippen LogP contribution in [0.1, 0.15) is 25.7 Å².